The normalized spacial score (nSPS) is 23.9. The molecule has 1 aromatic rings. The van der Waals surface area contributed by atoms with Gasteiger partial charge in [-0.25, -0.2) is 4.98 Å². The lowest BCUT2D eigenvalue weighted by Crippen LogP contribution is -2.48. The van der Waals surface area contributed by atoms with Crippen LogP contribution in [0.15, 0.2) is 18.6 Å². The molecule has 1 fully saturated rings. The van der Waals surface area contributed by atoms with E-state index in [1.807, 2.05) is 11.8 Å². The Bertz CT molecular complexity index is 406. The van der Waals surface area contributed by atoms with E-state index in [9.17, 15) is 9.90 Å². The molecule has 5 nitrogen and oxygen atoms in total. The average Bonchev–Trinajstić information content (AvgIpc) is 2.40. The van der Waals surface area contributed by atoms with Crippen LogP contribution in [0.25, 0.3) is 0 Å². The highest BCUT2D eigenvalue weighted by molar-refractivity contribution is 5.76. The maximum atomic E-state index is 11.6. The standard InChI is InChI=1S/C13H19N3O2/c1-2-4-13(12(17)18)5-3-8-16(10-13)11-9-14-6-7-15-11/h6-7,9H,2-5,8,10H2,1H3,(H,17,18). The van der Waals surface area contributed by atoms with E-state index < -0.39 is 11.4 Å². The number of hydrogen-bond acceptors (Lipinski definition) is 4. The first-order valence-corrected chi connectivity index (χ1v) is 6.42. The molecule has 1 unspecified atom stereocenters. The highest BCUT2D eigenvalue weighted by Gasteiger charge is 2.41. The van der Waals surface area contributed by atoms with E-state index >= 15 is 0 Å². The second kappa shape index (κ2) is 5.33. The van der Waals surface area contributed by atoms with Gasteiger partial charge < -0.3 is 10.0 Å². The van der Waals surface area contributed by atoms with Gasteiger partial charge in [-0.3, -0.25) is 9.78 Å². The summed E-state index contributed by atoms with van der Waals surface area (Å²) in [7, 11) is 0. The van der Waals surface area contributed by atoms with E-state index in [2.05, 4.69) is 9.97 Å². The van der Waals surface area contributed by atoms with E-state index in [0.29, 0.717) is 6.54 Å². The van der Waals surface area contributed by atoms with Gasteiger partial charge in [-0.15, -0.1) is 0 Å². The number of nitrogens with zero attached hydrogens (tertiary/aromatic N) is 3. The molecule has 0 amide bonds. The molecular weight excluding hydrogens is 230 g/mol. The fourth-order valence-electron chi connectivity index (χ4n) is 2.75. The first-order valence-electron chi connectivity index (χ1n) is 6.42. The summed E-state index contributed by atoms with van der Waals surface area (Å²) in [6.45, 7) is 3.43. The summed E-state index contributed by atoms with van der Waals surface area (Å²) < 4.78 is 0. The van der Waals surface area contributed by atoms with Crippen molar-refractivity contribution >= 4 is 11.8 Å². The number of aromatic nitrogens is 2. The Kier molecular flexibility index (Phi) is 3.79. The van der Waals surface area contributed by atoms with Gasteiger partial charge in [0.1, 0.15) is 5.82 Å². The highest BCUT2D eigenvalue weighted by atomic mass is 16.4. The molecule has 0 spiro atoms. The largest absolute Gasteiger partial charge is 0.481 e. The van der Waals surface area contributed by atoms with Crippen molar-refractivity contribution in [3.05, 3.63) is 18.6 Å². The fraction of sp³-hybridized carbons (Fsp3) is 0.615. The molecule has 1 saturated heterocycles. The first kappa shape index (κ1) is 12.8. The number of piperidine rings is 1. The molecular formula is C13H19N3O2. The summed E-state index contributed by atoms with van der Waals surface area (Å²) in [4.78, 5) is 21.9. The zero-order chi connectivity index (χ0) is 13.0. The van der Waals surface area contributed by atoms with E-state index in [-0.39, 0.29) is 0 Å². The zero-order valence-corrected chi connectivity index (χ0v) is 10.7. The summed E-state index contributed by atoms with van der Waals surface area (Å²) in [5.41, 5.74) is -0.621. The fourth-order valence-corrected chi connectivity index (χ4v) is 2.75. The minimum Gasteiger partial charge on any atom is -0.481 e. The molecule has 5 heteroatoms. The number of carbonyl (C=O) groups is 1. The maximum Gasteiger partial charge on any atom is 0.311 e. The SMILES string of the molecule is CCCC1(C(=O)O)CCCN(c2cnccn2)C1. The summed E-state index contributed by atoms with van der Waals surface area (Å²) in [5, 5.41) is 9.52. The molecule has 0 aromatic carbocycles. The molecule has 0 saturated carbocycles. The highest BCUT2D eigenvalue weighted by Crippen LogP contribution is 2.36. The number of rotatable bonds is 4. The quantitative estimate of drug-likeness (QED) is 0.883. The minimum atomic E-state index is -0.682. The molecule has 0 radical (unpaired) electrons. The monoisotopic (exact) mass is 249 g/mol. The zero-order valence-electron chi connectivity index (χ0n) is 10.7. The third kappa shape index (κ3) is 2.44. The number of anilines is 1. The van der Waals surface area contributed by atoms with E-state index in [4.69, 9.17) is 0 Å². The van der Waals surface area contributed by atoms with Crippen molar-refractivity contribution < 1.29 is 9.90 Å². The van der Waals surface area contributed by atoms with Crippen LogP contribution in [0, 0.1) is 5.41 Å². The molecule has 0 bridgehead atoms. The topological polar surface area (TPSA) is 66.3 Å². The number of carboxylic acids is 1. The molecule has 1 N–H and O–H groups in total. The van der Waals surface area contributed by atoms with E-state index in [0.717, 1.165) is 38.0 Å². The Labute approximate surface area is 107 Å². The molecule has 0 aliphatic carbocycles. The van der Waals surface area contributed by atoms with Gasteiger partial charge in [-0.05, 0) is 19.3 Å². The van der Waals surface area contributed by atoms with Gasteiger partial charge in [-0.2, -0.15) is 0 Å². The van der Waals surface area contributed by atoms with Gasteiger partial charge in [0.2, 0.25) is 0 Å². The number of hydrogen-bond donors (Lipinski definition) is 1. The van der Waals surface area contributed by atoms with E-state index in [1.165, 1.54) is 0 Å². The first-order chi connectivity index (χ1) is 8.68. The van der Waals surface area contributed by atoms with Gasteiger partial charge in [0.25, 0.3) is 0 Å². The molecule has 18 heavy (non-hydrogen) atoms. The van der Waals surface area contributed by atoms with Gasteiger partial charge in [0.05, 0.1) is 11.6 Å². The molecule has 1 aromatic heterocycles. The Morgan fingerprint density at radius 3 is 3.00 bits per heavy atom. The van der Waals surface area contributed by atoms with Crippen molar-refractivity contribution in [1.82, 2.24) is 9.97 Å². The lowest BCUT2D eigenvalue weighted by Gasteiger charge is -2.40. The van der Waals surface area contributed by atoms with Crippen LogP contribution in [-0.2, 0) is 4.79 Å². The molecule has 1 aliphatic rings. The van der Waals surface area contributed by atoms with Crippen LogP contribution in [0.3, 0.4) is 0 Å². The van der Waals surface area contributed by atoms with Crippen molar-refractivity contribution in [1.29, 1.82) is 0 Å². The van der Waals surface area contributed by atoms with Gasteiger partial charge in [-0.1, -0.05) is 13.3 Å². The van der Waals surface area contributed by atoms with Gasteiger partial charge in [0, 0.05) is 25.5 Å². The number of aliphatic carboxylic acids is 1. The van der Waals surface area contributed by atoms with Crippen LogP contribution >= 0.6 is 0 Å². The van der Waals surface area contributed by atoms with Crippen LogP contribution in [0.2, 0.25) is 0 Å². The third-order valence-electron chi connectivity index (χ3n) is 3.63. The summed E-state index contributed by atoms with van der Waals surface area (Å²) >= 11 is 0. The molecule has 2 heterocycles. The van der Waals surface area contributed by atoms with Crippen LogP contribution in [0.4, 0.5) is 5.82 Å². The van der Waals surface area contributed by atoms with Crippen molar-refractivity contribution in [2.75, 3.05) is 18.0 Å². The van der Waals surface area contributed by atoms with Crippen molar-refractivity contribution in [2.24, 2.45) is 5.41 Å². The predicted octanol–water partition coefficient (Wildman–Crippen LogP) is 1.95. The Balaban J connectivity index is 2.19. The van der Waals surface area contributed by atoms with E-state index in [1.54, 1.807) is 18.6 Å². The predicted molar refractivity (Wildman–Crippen MR) is 68.5 cm³/mol. The Morgan fingerprint density at radius 1 is 1.56 bits per heavy atom. The van der Waals surface area contributed by atoms with Crippen LogP contribution in [-0.4, -0.2) is 34.1 Å². The van der Waals surface area contributed by atoms with Gasteiger partial charge in [0.15, 0.2) is 0 Å². The third-order valence-corrected chi connectivity index (χ3v) is 3.63. The van der Waals surface area contributed by atoms with Crippen molar-refractivity contribution in [3.63, 3.8) is 0 Å². The maximum absolute atomic E-state index is 11.6. The number of carboxylic acid groups (broad SMARTS) is 1. The molecule has 2 rings (SSSR count). The summed E-state index contributed by atoms with van der Waals surface area (Å²) in [6.07, 6.45) is 8.23. The summed E-state index contributed by atoms with van der Waals surface area (Å²) in [5.74, 6) is 0.0943. The second-order valence-corrected chi connectivity index (χ2v) is 4.92. The lowest BCUT2D eigenvalue weighted by molar-refractivity contribution is -0.150. The molecule has 1 aliphatic heterocycles. The molecule has 98 valence electrons. The smallest absolute Gasteiger partial charge is 0.311 e. The van der Waals surface area contributed by atoms with Crippen molar-refractivity contribution in [2.45, 2.75) is 32.6 Å². The van der Waals surface area contributed by atoms with Crippen LogP contribution < -0.4 is 4.90 Å². The second-order valence-electron chi connectivity index (χ2n) is 4.92. The van der Waals surface area contributed by atoms with Gasteiger partial charge >= 0.3 is 5.97 Å². The summed E-state index contributed by atoms with van der Waals surface area (Å²) in [6, 6.07) is 0. The minimum absolute atomic E-state index is 0.537. The average molecular weight is 249 g/mol. The molecule has 1 atom stereocenters. The lowest BCUT2D eigenvalue weighted by atomic mass is 9.76. The van der Waals surface area contributed by atoms with Crippen LogP contribution in [0.5, 0.6) is 0 Å². The van der Waals surface area contributed by atoms with Crippen LogP contribution in [0.1, 0.15) is 32.6 Å². The Morgan fingerprint density at radius 2 is 2.39 bits per heavy atom. The van der Waals surface area contributed by atoms with Crippen molar-refractivity contribution in [3.8, 4) is 0 Å². The Hall–Kier alpha value is -1.65.